The topological polar surface area (TPSA) is 89.3 Å². The Labute approximate surface area is 59.6 Å². The van der Waals surface area contributed by atoms with Crippen LogP contribution in [0.15, 0.2) is 0 Å². The number of amides is 1. The molecule has 0 bridgehead atoms. The van der Waals surface area contributed by atoms with Gasteiger partial charge >= 0.3 is 0 Å². The fourth-order valence-corrected chi connectivity index (χ4v) is 0.827. The molecule has 0 spiro atoms. The van der Waals surface area contributed by atoms with Crippen LogP contribution >= 0.6 is 0 Å². The molecule has 0 heterocycles. The fraction of sp³-hybridized carbons (Fsp3) is 0.750. The van der Waals surface area contributed by atoms with Crippen LogP contribution in [0.25, 0.3) is 0 Å². The van der Waals surface area contributed by atoms with Crippen molar-refractivity contribution >= 4 is 15.9 Å². The van der Waals surface area contributed by atoms with Gasteiger partial charge in [0.1, 0.15) is 0 Å². The molecule has 0 aromatic rings. The molecule has 3 N–H and O–H groups in total. The van der Waals surface area contributed by atoms with Crippen molar-refractivity contribution in [3.8, 4) is 0 Å². The highest BCUT2D eigenvalue weighted by Gasteiger charge is 2.11. The highest BCUT2D eigenvalue weighted by Crippen LogP contribution is 1.78. The molecule has 5 nitrogen and oxygen atoms in total. The molecule has 60 valence electrons. The predicted molar refractivity (Wildman–Crippen MR) is 36.6 cm³/mol. The van der Waals surface area contributed by atoms with E-state index in [1.165, 1.54) is 6.92 Å². The summed E-state index contributed by atoms with van der Waals surface area (Å²) in [5.41, 5.74) is 5.07. The largest absolute Gasteiger partial charge is 0.320 e. The summed E-state index contributed by atoms with van der Waals surface area (Å²) >= 11 is 0. The van der Waals surface area contributed by atoms with Gasteiger partial charge in [-0.1, -0.05) is 0 Å². The first-order valence-corrected chi connectivity index (χ1v) is 4.49. The molecule has 0 rings (SSSR count). The lowest BCUT2D eigenvalue weighted by atomic mass is 10.4. The van der Waals surface area contributed by atoms with Crippen LogP contribution in [0.3, 0.4) is 0 Å². The summed E-state index contributed by atoms with van der Waals surface area (Å²) in [6.45, 7) is 1.40. The van der Waals surface area contributed by atoms with Crippen LogP contribution in [0.4, 0.5) is 0 Å². The lowest BCUT2D eigenvalue weighted by Gasteiger charge is -2.03. The standard InChI is InChI=1S/C4H10N2O3S/c1-3(5)4(7)6-10(2,8)9/h3H,5H2,1-2H3,(H,6,7)/t3-/m0/s1. The van der Waals surface area contributed by atoms with Crippen LogP contribution in [-0.2, 0) is 14.8 Å². The Morgan fingerprint density at radius 3 is 2.10 bits per heavy atom. The maximum absolute atomic E-state index is 10.5. The van der Waals surface area contributed by atoms with E-state index < -0.39 is 22.0 Å². The number of nitrogens with two attached hydrogens (primary N) is 1. The lowest BCUT2D eigenvalue weighted by molar-refractivity contribution is -0.120. The van der Waals surface area contributed by atoms with Crippen LogP contribution in [0, 0.1) is 0 Å². The summed E-state index contributed by atoms with van der Waals surface area (Å²) in [5.74, 6) is -0.692. The minimum absolute atomic E-state index is 0.692. The normalized spacial score (nSPS) is 14.3. The Balaban J connectivity index is 4.07. The second-order valence-electron chi connectivity index (χ2n) is 2.03. The number of nitrogens with one attached hydrogen (secondary N) is 1. The molecule has 0 aliphatic rings. The van der Waals surface area contributed by atoms with Gasteiger partial charge in [-0.2, -0.15) is 0 Å². The first-order valence-electron chi connectivity index (χ1n) is 2.60. The first-order chi connectivity index (χ1) is 4.33. The Morgan fingerprint density at radius 2 is 2.00 bits per heavy atom. The monoisotopic (exact) mass is 166 g/mol. The fourth-order valence-electron chi connectivity index (χ4n) is 0.276. The zero-order valence-electron chi connectivity index (χ0n) is 5.79. The van der Waals surface area contributed by atoms with Gasteiger partial charge in [0.25, 0.3) is 0 Å². The molecular weight excluding hydrogens is 156 g/mol. The molecule has 0 fully saturated rings. The first kappa shape index (κ1) is 9.38. The van der Waals surface area contributed by atoms with Gasteiger partial charge in [0.2, 0.25) is 15.9 Å². The molecule has 0 saturated carbocycles. The van der Waals surface area contributed by atoms with Gasteiger partial charge in [-0.25, -0.2) is 8.42 Å². The third-order valence-corrected chi connectivity index (χ3v) is 1.27. The van der Waals surface area contributed by atoms with Gasteiger partial charge in [0.05, 0.1) is 12.3 Å². The molecule has 1 atom stereocenters. The third-order valence-electron chi connectivity index (χ3n) is 0.700. The number of hydrogen-bond donors (Lipinski definition) is 2. The maximum atomic E-state index is 10.5. The van der Waals surface area contributed by atoms with Crippen molar-refractivity contribution in [3.05, 3.63) is 0 Å². The van der Waals surface area contributed by atoms with Crippen molar-refractivity contribution in [3.63, 3.8) is 0 Å². The van der Waals surface area contributed by atoms with E-state index in [1.54, 1.807) is 4.72 Å². The zero-order valence-corrected chi connectivity index (χ0v) is 6.60. The highest BCUT2D eigenvalue weighted by molar-refractivity contribution is 7.89. The maximum Gasteiger partial charge on any atom is 0.250 e. The number of rotatable bonds is 2. The van der Waals surface area contributed by atoms with Crippen LogP contribution in [0.1, 0.15) is 6.92 Å². The molecular formula is C4H10N2O3S. The number of carbonyl (C=O) groups is 1. The summed E-state index contributed by atoms with van der Waals surface area (Å²) in [4.78, 5) is 10.5. The molecule has 0 radical (unpaired) electrons. The van der Waals surface area contributed by atoms with Gasteiger partial charge in [-0.15, -0.1) is 0 Å². The average Bonchev–Trinajstić information content (AvgIpc) is 1.60. The van der Waals surface area contributed by atoms with E-state index in [0.29, 0.717) is 0 Å². The SMILES string of the molecule is C[C@H](N)C(=O)NS(C)(=O)=O. The summed E-state index contributed by atoms with van der Waals surface area (Å²) in [5, 5.41) is 0. The summed E-state index contributed by atoms with van der Waals surface area (Å²) in [6.07, 6.45) is 0.896. The van der Waals surface area contributed by atoms with Gasteiger partial charge in [-0.3, -0.25) is 9.52 Å². The summed E-state index contributed by atoms with van der Waals surface area (Å²) < 4.78 is 22.4. The van der Waals surface area contributed by atoms with Gasteiger partial charge in [0, 0.05) is 0 Å². The second-order valence-corrected chi connectivity index (χ2v) is 3.78. The molecule has 0 aliphatic heterocycles. The molecule has 0 aromatic carbocycles. The van der Waals surface area contributed by atoms with E-state index in [9.17, 15) is 13.2 Å². The number of hydrogen-bond acceptors (Lipinski definition) is 4. The van der Waals surface area contributed by atoms with E-state index in [4.69, 9.17) is 5.73 Å². The minimum atomic E-state index is -3.45. The third kappa shape index (κ3) is 4.28. The van der Waals surface area contributed by atoms with Crippen molar-refractivity contribution in [1.82, 2.24) is 4.72 Å². The van der Waals surface area contributed by atoms with Gasteiger partial charge in [0.15, 0.2) is 0 Å². The second kappa shape index (κ2) is 2.98. The Morgan fingerprint density at radius 1 is 1.60 bits per heavy atom. The van der Waals surface area contributed by atoms with Crippen LogP contribution in [-0.4, -0.2) is 26.6 Å². The van der Waals surface area contributed by atoms with Crippen molar-refractivity contribution < 1.29 is 13.2 Å². The molecule has 0 unspecified atom stereocenters. The summed E-state index contributed by atoms with van der Waals surface area (Å²) in [7, 11) is -3.45. The Kier molecular flexibility index (Phi) is 2.79. The van der Waals surface area contributed by atoms with Gasteiger partial charge in [-0.05, 0) is 6.92 Å². The van der Waals surface area contributed by atoms with Crippen molar-refractivity contribution in [2.45, 2.75) is 13.0 Å². The predicted octanol–water partition coefficient (Wildman–Crippen LogP) is -1.59. The van der Waals surface area contributed by atoms with E-state index in [-0.39, 0.29) is 0 Å². The lowest BCUT2D eigenvalue weighted by Crippen LogP contribution is -2.40. The van der Waals surface area contributed by atoms with Crippen LogP contribution in [0.2, 0.25) is 0 Å². The summed E-state index contributed by atoms with van der Waals surface area (Å²) in [6, 6.07) is -0.797. The highest BCUT2D eigenvalue weighted by atomic mass is 32.2. The van der Waals surface area contributed by atoms with Gasteiger partial charge < -0.3 is 5.73 Å². The Bertz CT molecular complexity index is 219. The average molecular weight is 166 g/mol. The van der Waals surface area contributed by atoms with E-state index in [0.717, 1.165) is 6.26 Å². The van der Waals surface area contributed by atoms with E-state index in [2.05, 4.69) is 0 Å². The Hall–Kier alpha value is -0.620. The van der Waals surface area contributed by atoms with Crippen molar-refractivity contribution in [2.75, 3.05) is 6.26 Å². The zero-order chi connectivity index (χ0) is 8.36. The van der Waals surface area contributed by atoms with Crippen molar-refractivity contribution in [2.24, 2.45) is 5.73 Å². The minimum Gasteiger partial charge on any atom is -0.320 e. The smallest absolute Gasteiger partial charge is 0.250 e. The number of sulfonamides is 1. The molecule has 1 amide bonds. The van der Waals surface area contributed by atoms with Crippen LogP contribution in [0.5, 0.6) is 0 Å². The molecule has 6 heteroatoms. The van der Waals surface area contributed by atoms with E-state index in [1.807, 2.05) is 0 Å². The van der Waals surface area contributed by atoms with Crippen molar-refractivity contribution in [1.29, 1.82) is 0 Å². The quantitative estimate of drug-likeness (QED) is 0.517. The van der Waals surface area contributed by atoms with E-state index >= 15 is 0 Å². The molecule has 0 aliphatic carbocycles. The van der Waals surface area contributed by atoms with Crippen LogP contribution < -0.4 is 10.5 Å². The molecule has 0 saturated heterocycles. The molecule has 10 heavy (non-hydrogen) atoms. The number of carbonyl (C=O) groups excluding carboxylic acids is 1. The molecule has 0 aromatic heterocycles.